The summed E-state index contributed by atoms with van der Waals surface area (Å²) in [6.07, 6.45) is 8.29. The van der Waals surface area contributed by atoms with Gasteiger partial charge in [0.25, 0.3) is 0 Å². The van der Waals surface area contributed by atoms with Gasteiger partial charge in [-0.25, -0.2) is 0 Å². The third kappa shape index (κ3) is 3.96. The molecule has 2 nitrogen and oxygen atoms in total. The highest BCUT2D eigenvalue weighted by atomic mass is 16.7. The zero-order chi connectivity index (χ0) is 17.1. The minimum absolute atomic E-state index is 0.148. The molecule has 2 aliphatic rings. The van der Waals surface area contributed by atoms with Crippen LogP contribution < -0.4 is 4.74 Å². The Morgan fingerprint density at radius 3 is 2.46 bits per heavy atom. The zero-order valence-corrected chi connectivity index (χ0v) is 15.8. The summed E-state index contributed by atoms with van der Waals surface area (Å²) in [6.45, 7) is 8.83. The summed E-state index contributed by atoms with van der Waals surface area (Å²) in [5, 5.41) is 0. The first-order valence-corrected chi connectivity index (χ1v) is 9.97. The van der Waals surface area contributed by atoms with Crippen LogP contribution in [0, 0.1) is 30.6 Å². The molecule has 1 aromatic carbocycles. The molecule has 0 spiro atoms. The molecule has 0 aromatic heterocycles. The molecule has 0 aliphatic heterocycles. The summed E-state index contributed by atoms with van der Waals surface area (Å²) in [5.74, 6) is 3.84. The average molecular weight is 331 g/mol. The second-order valence-corrected chi connectivity index (χ2v) is 8.22. The quantitative estimate of drug-likeness (QED) is 0.598. The topological polar surface area (TPSA) is 18.5 Å². The Kier molecular flexibility index (Phi) is 5.86. The van der Waals surface area contributed by atoms with Crippen LogP contribution in [0.15, 0.2) is 24.3 Å². The molecule has 3 rings (SSSR count). The smallest absolute Gasteiger partial charge is 0.202 e. The van der Waals surface area contributed by atoms with Gasteiger partial charge >= 0.3 is 0 Å². The Morgan fingerprint density at radius 2 is 1.79 bits per heavy atom. The molecule has 0 bridgehead atoms. The van der Waals surface area contributed by atoms with E-state index >= 15 is 0 Å². The van der Waals surface area contributed by atoms with Crippen LogP contribution in [0.2, 0.25) is 0 Å². The van der Waals surface area contributed by atoms with E-state index in [1.165, 1.54) is 44.1 Å². The minimum Gasteiger partial charge on any atom is -0.465 e. The van der Waals surface area contributed by atoms with Gasteiger partial charge in [-0.2, -0.15) is 0 Å². The predicted octanol–water partition coefficient (Wildman–Crippen LogP) is 5.98. The normalized spacial score (nSPS) is 31.0. The maximum absolute atomic E-state index is 6.58. The SMILES string of the molecule is CCC1C(OC(Oc2ccc(C)cc2)C(C)C)CCC2CCCC21. The molecular weight excluding hydrogens is 296 g/mol. The first-order chi connectivity index (χ1) is 11.6. The van der Waals surface area contributed by atoms with Gasteiger partial charge in [0, 0.05) is 5.92 Å². The monoisotopic (exact) mass is 330 g/mol. The molecule has 5 unspecified atom stereocenters. The van der Waals surface area contributed by atoms with Crippen molar-refractivity contribution < 1.29 is 9.47 Å². The van der Waals surface area contributed by atoms with Crippen LogP contribution in [0.5, 0.6) is 5.75 Å². The first-order valence-electron chi connectivity index (χ1n) is 9.97. The molecular formula is C22H34O2. The molecule has 2 aliphatic carbocycles. The highest BCUT2D eigenvalue weighted by Gasteiger charge is 2.42. The lowest BCUT2D eigenvalue weighted by atomic mass is 9.71. The van der Waals surface area contributed by atoms with E-state index in [0.29, 0.717) is 17.9 Å². The summed E-state index contributed by atoms with van der Waals surface area (Å²) >= 11 is 0. The van der Waals surface area contributed by atoms with Gasteiger partial charge in [0.2, 0.25) is 6.29 Å². The van der Waals surface area contributed by atoms with Crippen molar-refractivity contribution in [2.45, 2.75) is 78.6 Å². The van der Waals surface area contributed by atoms with Crippen LogP contribution in [-0.4, -0.2) is 12.4 Å². The number of aryl methyl sites for hydroxylation is 1. The number of hydrogen-bond acceptors (Lipinski definition) is 2. The fourth-order valence-electron chi connectivity index (χ4n) is 4.83. The Balaban J connectivity index is 1.67. The van der Waals surface area contributed by atoms with Crippen LogP contribution in [0.1, 0.15) is 64.9 Å². The van der Waals surface area contributed by atoms with E-state index < -0.39 is 0 Å². The first kappa shape index (κ1) is 17.8. The van der Waals surface area contributed by atoms with Crippen molar-refractivity contribution in [2.24, 2.45) is 23.7 Å². The second kappa shape index (κ2) is 7.91. The van der Waals surface area contributed by atoms with Crippen molar-refractivity contribution in [2.75, 3.05) is 0 Å². The Labute approximate surface area is 147 Å². The van der Waals surface area contributed by atoms with Gasteiger partial charge in [-0.05, 0) is 56.1 Å². The van der Waals surface area contributed by atoms with Gasteiger partial charge in [0.1, 0.15) is 5.75 Å². The van der Waals surface area contributed by atoms with E-state index in [0.717, 1.165) is 17.6 Å². The van der Waals surface area contributed by atoms with Gasteiger partial charge < -0.3 is 9.47 Å². The Bertz CT molecular complexity index is 507. The molecule has 134 valence electrons. The van der Waals surface area contributed by atoms with Crippen LogP contribution in [0.3, 0.4) is 0 Å². The van der Waals surface area contributed by atoms with Gasteiger partial charge in [-0.15, -0.1) is 0 Å². The van der Waals surface area contributed by atoms with Crippen LogP contribution >= 0.6 is 0 Å². The van der Waals surface area contributed by atoms with Gasteiger partial charge in [0.15, 0.2) is 0 Å². The molecule has 24 heavy (non-hydrogen) atoms. The lowest BCUT2D eigenvalue weighted by molar-refractivity contribution is -0.175. The third-order valence-electron chi connectivity index (χ3n) is 6.17. The van der Waals surface area contributed by atoms with Crippen LogP contribution in [-0.2, 0) is 4.74 Å². The fourth-order valence-corrected chi connectivity index (χ4v) is 4.83. The molecule has 0 amide bonds. The molecule has 0 saturated heterocycles. The van der Waals surface area contributed by atoms with Crippen LogP contribution in [0.4, 0.5) is 0 Å². The lowest BCUT2D eigenvalue weighted by Gasteiger charge is -2.41. The molecule has 2 heteroatoms. The van der Waals surface area contributed by atoms with Crippen molar-refractivity contribution in [1.29, 1.82) is 0 Å². The van der Waals surface area contributed by atoms with E-state index in [4.69, 9.17) is 9.47 Å². The Morgan fingerprint density at radius 1 is 1.04 bits per heavy atom. The third-order valence-corrected chi connectivity index (χ3v) is 6.17. The summed E-state index contributed by atoms with van der Waals surface area (Å²) < 4.78 is 12.8. The number of rotatable bonds is 6. The minimum atomic E-state index is -0.148. The number of benzene rings is 1. The van der Waals surface area contributed by atoms with Gasteiger partial charge in [0.05, 0.1) is 6.10 Å². The fraction of sp³-hybridized carbons (Fsp3) is 0.727. The average Bonchev–Trinajstić information content (AvgIpc) is 3.04. The number of ether oxygens (including phenoxy) is 2. The molecule has 5 atom stereocenters. The zero-order valence-electron chi connectivity index (χ0n) is 15.8. The second-order valence-electron chi connectivity index (χ2n) is 8.22. The maximum atomic E-state index is 6.58. The van der Waals surface area contributed by atoms with Crippen LogP contribution in [0.25, 0.3) is 0 Å². The standard InChI is InChI=1S/C22H34O2/c1-5-19-20-8-6-7-17(20)11-14-21(19)24-22(15(2)3)23-18-12-9-16(4)10-13-18/h9-10,12-13,15,17,19-22H,5-8,11,14H2,1-4H3. The van der Waals surface area contributed by atoms with E-state index in [2.05, 4.69) is 52.0 Å². The predicted molar refractivity (Wildman–Crippen MR) is 99.2 cm³/mol. The summed E-state index contributed by atoms with van der Waals surface area (Å²) in [6, 6.07) is 8.31. The lowest BCUT2D eigenvalue weighted by Crippen LogP contribution is -2.41. The van der Waals surface area contributed by atoms with Crippen molar-refractivity contribution in [3.63, 3.8) is 0 Å². The summed E-state index contributed by atoms with van der Waals surface area (Å²) in [4.78, 5) is 0. The summed E-state index contributed by atoms with van der Waals surface area (Å²) in [7, 11) is 0. The van der Waals surface area contributed by atoms with E-state index in [1.807, 2.05) is 0 Å². The molecule has 0 heterocycles. The molecule has 0 N–H and O–H groups in total. The molecule has 0 radical (unpaired) electrons. The molecule has 2 saturated carbocycles. The van der Waals surface area contributed by atoms with Gasteiger partial charge in [-0.1, -0.05) is 57.7 Å². The van der Waals surface area contributed by atoms with E-state index in [-0.39, 0.29) is 6.29 Å². The molecule has 1 aromatic rings. The van der Waals surface area contributed by atoms with Crippen molar-refractivity contribution in [3.05, 3.63) is 29.8 Å². The Hall–Kier alpha value is -1.02. The highest BCUT2D eigenvalue weighted by molar-refractivity contribution is 5.26. The van der Waals surface area contributed by atoms with Gasteiger partial charge in [-0.3, -0.25) is 0 Å². The maximum Gasteiger partial charge on any atom is 0.202 e. The summed E-state index contributed by atoms with van der Waals surface area (Å²) in [5.41, 5.74) is 1.26. The van der Waals surface area contributed by atoms with Crippen molar-refractivity contribution >= 4 is 0 Å². The van der Waals surface area contributed by atoms with E-state index in [1.54, 1.807) is 0 Å². The highest BCUT2D eigenvalue weighted by Crippen LogP contribution is 2.47. The van der Waals surface area contributed by atoms with Crippen molar-refractivity contribution in [3.8, 4) is 5.75 Å². The number of fused-ring (bicyclic) bond motifs is 1. The van der Waals surface area contributed by atoms with Crippen molar-refractivity contribution in [1.82, 2.24) is 0 Å². The number of hydrogen-bond donors (Lipinski definition) is 0. The molecule has 2 fully saturated rings. The largest absolute Gasteiger partial charge is 0.465 e. The van der Waals surface area contributed by atoms with E-state index in [9.17, 15) is 0 Å².